The summed E-state index contributed by atoms with van der Waals surface area (Å²) in [6, 6.07) is -0.109. The maximum absolute atomic E-state index is 11.4. The average molecular weight is 227 g/mol. The van der Waals surface area contributed by atoms with Crippen molar-refractivity contribution in [3.8, 4) is 0 Å². The van der Waals surface area contributed by atoms with Gasteiger partial charge in [0, 0.05) is 12.5 Å². The molecule has 0 aromatic carbocycles. The molecule has 1 rings (SSSR count). The highest BCUT2D eigenvalue weighted by atomic mass is 16.3. The molecule has 94 valence electrons. The smallest absolute Gasteiger partial charge is 0.220 e. The van der Waals surface area contributed by atoms with E-state index in [0.29, 0.717) is 6.42 Å². The molecule has 1 aliphatic rings. The summed E-state index contributed by atoms with van der Waals surface area (Å²) in [5.41, 5.74) is 0. The van der Waals surface area contributed by atoms with E-state index >= 15 is 0 Å². The summed E-state index contributed by atoms with van der Waals surface area (Å²) in [5, 5.41) is 11.6. The highest BCUT2D eigenvalue weighted by molar-refractivity contribution is 5.76. The fraction of sp³-hybridized carbons (Fsp3) is 0.923. The number of hydrogen-bond acceptors (Lipinski definition) is 2. The van der Waals surface area contributed by atoms with E-state index in [9.17, 15) is 4.79 Å². The van der Waals surface area contributed by atoms with Gasteiger partial charge in [-0.05, 0) is 25.7 Å². The summed E-state index contributed by atoms with van der Waals surface area (Å²) in [6.45, 7) is 1.84. The van der Waals surface area contributed by atoms with Gasteiger partial charge in [0.1, 0.15) is 0 Å². The Labute approximate surface area is 98.6 Å². The Morgan fingerprint density at radius 2 is 2.06 bits per heavy atom. The third-order valence-electron chi connectivity index (χ3n) is 3.42. The Morgan fingerprint density at radius 3 is 2.69 bits per heavy atom. The minimum absolute atomic E-state index is 0.0222. The van der Waals surface area contributed by atoms with Gasteiger partial charge in [0.25, 0.3) is 0 Å². The lowest BCUT2D eigenvalue weighted by Gasteiger charge is -2.21. The Morgan fingerprint density at radius 1 is 1.38 bits per heavy atom. The van der Waals surface area contributed by atoms with Gasteiger partial charge in [0.15, 0.2) is 0 Å². The molecule has 16 heavy (non-hydrogen) atoms. The van der Waals surface area contributed by atoms with Crippen molar-refractivity contribution in [2.45, 2.75) is 64.3 Å². The molecule has 0 aromatic rings. The summed E-state index contributed by atoms with van der Waals surface area (Å²) in [5.74, 6) is 0.939. The Hall–Kier alpha value is -0.570. The molecule has 0 heterocycles. The quantitative estimate of drug-likeness (QED) is 0.731. The maximum atomic E-state index is 11.4. The number of amides is 1. The molecule has 1 aliphatic carbocycles. The van der Waals surface area contributed by atoms with Crippen molar-refractivity contribution in [3.05, 3.63) is 0 Å². The number of carbonyl (C=O) groups excluding carboxylic acids is 1. The van der Waals surface area contributed by atoms with Crippen molar-refractivity contribution < 1.29 is 9.90 Å². The van der Waals surface area contributed by atoms with Crippen molar-refractivity contribution in [2.75, 3.05) is 6.61 Å². The lowest BCUT2D eigenvalue weighted by Crippen LogP contribution is -2.34. The maximum Gasteiger partial charge on any atom is 0.220 e. The normalized spacial score (nSPS) is 19.4. The van der Waals surface area contributed by atoms with Crippen LogP contribution in [-0.4, -0.2) is 23.7 Å². The van der Waals surface area contributed by atoms with E-state index in [1.807, 2.05) is 6.92 Å². The predicted octanol–water partition coefficient (Wildman–Crippen LogP) is 2.23. The van der Waals surface area contributed by atoms with Gasteiger partial charge in [0.05, 0.1) is 6.61 Å². The van der Waals surface area contributed by atoms with E-state index in [1.54, 1.807) is 0 Å². The van der Waals surface area contributed by atoms with E-state index in [0.717, 1.165) is 12.3 Å². The fourth-order valence-corrected chi connectivity index (χ4v) is 2.42. The van der Waals surface area contributed by atoms with Crippen LogP contribution in [0.5, 0.6) is 0 Å². The molecule has 1 fully saturated rings. The molecule has 0 radical (unpaired) electrons. The van der Waals surface area contributed by atoms with Crippen LogP contribution in [0, 0.1) is 5.92 Å². The molecule has 1 amide bonds. The van der Waals surface area contributed by atoms with Gasteiger partial charge in [-0.1, -0.05) is 32.1 Å². The van der Waals surface area contributed by atoms with Crippen LogP contribution < -0.4 is 5.32 Å². The summed E-state index contributed by atoms with van der Waals surface area (Å²) in [4.78, 5) is 11.4. The highest BCUT2D eigenvalue weighted by Gasteiger charge is 2.13. The van der Waals surface area contributed by atoms with Crippen LogP contribution in [0.1, 0.15) is 58.3 Å². The zero-order chi connectivity index (χ0) is 11.8. The van der Waals surface area contributed by atoms with Gasteiger partial charge in [0.2, 0.25) is 5.91 Å². The monoisotopic (exact) mass is 227 g/mol. The molecule has 0 bridgehead atoms. The van der Waals surface area contributed by atoms with Gasteiger partial charge in [-0.15, -0.1) is 0 Å². The van der Waals surface area contributed by atoms with Crippen LogP contribution in [0.3, 0.4) is 0 Å². The van der Waals surface area contributed by atoms with Gasteiger partial charge >= 0.3 is 0 Å². The van der Waals surface area contributed by atoms with E-state index in [1.165, 1.54) is 38.5 Å². The van der Waals surface area contributed by atoms with Gasteiger partial charge in [-0.25, -0.2) is 0 Å². The second kappa shape index (κ2) is 7.66. The van der Waals surface area contributed by atoms with Crippen LogP contribution in [0.25, 0.3) is 0 Å². The first-order valence-electron chi connectivity index (χ1n) is 6.62. The predicted molar refractivity (Wildman–Crippen MR) is 65.1 cm³/mol. The molecule has 2 N–H and O–H groups in total. The molecule has 0 saturated heterocycles. The van der Waals surface area contributed by atoms with E-state index in [-0.39, 0.29) is 18.6 Å². The van der Waals surface area contributed by atoms with E-state index in [4.69, 9.17) is 5.11 Å². The number of rotatable bonds is 6. The molecule has 0 unspecified atom stereocenters. The molecule has 0 spiro atoms. The van der Waals surface area contributed by atoms with Crippen LogP contribution in [0.15, 0.2) is 0 Å². The van der Waals surface area contributed by atoms with E-state index in [2.05, 4.69) is 5.32 Å². The number of hydrogen-bond donors (Lipinski definition) is 2. The molecule has 3 nitrogen and oxygen atoms in total. The molecule has 3 heteroatoms. The number of carbonyl (C=O) groups is 1. The van der Waals surface area contributed by atoms with Gasteiger partial charge < -0.3 is 10.4 Å². The minimum atomic E-state index is -0.109. The SMILES string of the molecule is C[C@@H](CO)NC(=O)CCCC1CCCCC1. The van der Waals surface area contributed by atoms with E-state index < -0.39 is 0 Å². The zero-order valence-corrected chi connectivity index (χ0v) is 10.4. The Balaban J connectivity index is 2.03. The zero-order valence-electron chi connectivity index (χ0n) is 10.4. The van der Waals surface area contributed by atoms with Crippen molar-refractivity contribution in [3.63, 3.8) is 0 Å². The average Bonchev–Trinajstić information content (AvgIpc) is 2.30. The third-order valence-corrected chi connectivity index (χ3v) is 3.42. The molecular weight excluding hydrogens is 202 g/mol. The Bertz CT molecular complexity index is 200. The van der Waals surface area contributed by atoms with Crippen molar-refractivity contribution in [1.29, 1.82) is 0 Å². The first kappa shape index (κ1) is 13.5. The molecule has 1 atom stereocenters. The largest absolute Gasteiger partial charge is 0.394 e. The van der Waals surface area contributed by atoms with Crippen molar-refractivity contribution in [2.24, 2.45) is 5.92 Å². The highest BCUT2D eigenvalue weighted by Crippen LogP contribution is 2.27. The molecule has 0 aromatic heterocycles. The van der Waals surface area contributed by atoms with Crippen LogP contribution in [0.4, 0.5) is 0 Å². The molecular formula is C13H25NO2. The van der Waals surface area contributed by atoms with Gasteiger partial charge in [-0.2, -0.15) is 0 Å². The summed E-state index contributed by atoms with van der Waals surface area (Å²) in [7, 11) is 0. The van der Waals surface area contributed by atoms with Gasteiger partial charge in [-0.3, -0.25) is 4.79 Å². The van der Waals surface area contributed by atoms with Crippen LogP contribution >= 0.6 is 0 Å². The summed E-state index contributed by atoms with van der Waals surface area (Å²) < 4.78 is 0. The lowest BCUT2D eigenvalue weighted by molar-refractivity contribution is -0.122. The van der Waals surface area contributed by atoms with Crippen LogP contribution in [-0.2, 0) is 4.79 Å². The number of nitrogens with one attached hydrogen (secondary N) is 1. The number of aliphatic hydroxyl groups excluding tert-OH is 1. The third kappa shape index (κ3) is 5.50. The fourth-order valence-electron chi connectivity index (χ4n) is 2.42. The number of aliphatic hydroxyl groups is 1. The first-order chi connectivity index (χ1) is 7.72. The summed E-state index contributed by atoms with van der Waals surface area (Å²) >= 11 is 0. The van der Waals surface area contributed by atoms with Crippen molar-refractivity contribution >= 4 is 5.91 Å². The standard InChI is InChI=1S/C13H25NO2/c1-11(10-15)14-13(16)9-5-8-12-6-3-2-4-7-12/h11-12,15H,2-10H2,1H3,(H,14,16)/t11-/m0/s1. The summed E-state index contributed by atoms with van der Waals surface area (Å²) in [6.07, 6.45) is 9.65. The second-order valence-corrected chi connectivity index (χ2v) is 5.05. The van der Waals surface area contributed by atoms with Crippen LogP contribution in [0.2, 0.25) is 0 Å². The topological polar surface area (TPSA) is 49.3 Å². The molecule has 0 aliphatic heterocycles. The Kier molecular flexibility index (Phi) is 6.46. The molecule has 1 saturated carbocycles. The first-order valence-corrected chi connectivity index (χ1v) is 6.62. The lowest BCUT2D eigenvalue weighted by atomic mass is 9.86. The van der Waals surface area contributed by atoms with Crippen molar-refractivity contribution in [1.82, 2.24) is 5.32 Å². The minimum Gasteiger partial charge on any atom is -0.394 e. The second-order valence-electron chi connectivity index (χ2n) is 5.05.